The van der Waals surface area contributed by atoms with Crippen molar-refractivity contribution in [2.24, 2.45) is 0 Å². The number of carbonyl (C=O) groups is 1. The monoisotopic (exact) mass is 422 g/mol. The molecule has 1 amide bonds. The predicted octanol–water partition coefficient (Wildman–Crippen LogP) is 3.18. The molecule has 0 spiro atoms. The first-order chi connectivity index (χ1) is 7.12. The van der Waals surface area contributed by atoms with Crippen LogP contribution in [0.5, 0.6) is 0 Å². The summed E-state index contributed by atoms with van der Waals surface area (Å²) < 4.78 is 37.7. The van der Waals surface area contributed by atoms with Gasteiger partial charge in [-0.05, 0) is 27.7 Å². The van der Waals surface area contributed by atoms with Gasteiger partial charge in [0.25, 0.3) is 6.18 Å². The average Bonchev–Trinajstić information content (AvgIpc) is 1.99. The molecule has 0 unspecified atom stereocenters. The van der Waals surface area contributed by atoms with Gasteiger partial charge in [0.15, 0.2) is 0 Å². The Morgan fingerprint density at radius 3 is 1.71 bits per heavy atom. The van der Waals surface area contributed by atoms with Crippen molar-refractivity contribution in [1.29, 1.82) is 0 Å². The fourth-order valence-electron chi connectivity index (χ4n) is 1.69. The summed E-state index contributed by atoms with van der Waals surface area (Å²) >= 11 is 0. The van der Waals surface area contributed by atoms with Crippen LogP contribution in [0.3, 0.4) is 0 Å². The van der Waals surface area contributed by atoms with Gasteiger partial charge in [0.1, 0.15) is 0 Å². The minimum atomic E-state index is -4.53. The molecule has 17 heavy (non-hydrogen) atoms. The van der Waals surface area contributed by atoms with Crippen LogP contribution in [0.1, 0.15) is 41.0 Å². The minimum absolute atomic E-state index is 0. The van der Waals surface area contributed by atoms with E-state index in [1.165, 1.54) is 11.8 Å². The van der Waals surface area contributed by atoms with Gasteiger partial charge in [-0.25, -0.2) is 13.2 Å². The third-order valence-corrected chi connectivity index (χ3v) is 2.30. The fraction of sp³-hybridized carbons (Fsp3) is 0.818. The Morgan fingerprint density at radius 1 is 1.18 bits per heavy atom. The van der Waals surface area contributed by atoms with Gasteiger partial charge in [-0.2, -0.15) is 12.3 Å². The molecule has 0 bridgehead atoms. The molecule has 0 aromatic heterocycles. The summed E-state index contributed by atoms with van der Waals surface area (Å²) in [5.41, 5.74) is 0. The molecular formula is C11H19F3NOW-. The topological polar surface area (TPSA) is 20.3 Å². The molecule has 0 rings (SSSR count). The summed E-state index contributed by atoms with van der Waals surface area (Å²) in [4.78, 5) is 13.0. The molecule has 0 saturated carbocycles. The van der Waals surface area contributed by atoms with E-state index in [-0.39, 0.29) is 39.6 Å². The van der Waals surface area contributed by atoms with Gasteiger partial charge in [-0.1, -0.05) is 6.92 Å². The van der Waals surface area contributed by atoms with Gasteiger partial charge >= 0.3 is 0 Å². The summed E-state index contributed by atoms with van der Waals surface area (Å²) in [5.74, 6) is -1.88. The Kier molecular flexibility index (Phi) is 8.23. The second-order valence-electron chi connectivity index (χ2n) is 4.23. The Balaban J connectivity index is 0. The molecule has 0 atom stereocenters. The van der Waals surface area contributed by atoms with E-state index < -0.39 is 18.0 Å². The van der Waals surface area contributed by atoms with Crippen LogP contribution in [-0.4, -0.2) is 29.1 Å². The standard InChI is InChI=1S/C11H19F3NO.W/c1-6-9(11(12,13)14)10(16)15(7(2)3)8(4)5;/h7-8H,6H2,1-5H3;/q-1;. The Bertz CT molecular complexity index is 229. The SMILES string of the molecule is CC[C-](C(=O)N(C(C)C)C(C)C)C(F)(F)F.[W]. The number of carbonyl (C=O) groups excluding carboxylic acids is 1. The summed E-state index contributed by atoms with van der Waals surface area (Å²) in [6, 6.07) is -0.479. The third kappa shape index (κ3) is 5.32. The minimum Gasteiger partial charge on any atom is -0.362 e. The van der Waals surface area contributed by atoms with Crippen molar-refractivity contribution >= 4 is 5.91 Å². The third-order valence-electron chi connectivity index (χ3n) is 2.30. The van der Waals surface area contributed by atoms with Gasteiger partial charge < -0.3 is 9.69 Å². The maximum absolute atomic E-state index is 12.6. The first-order valence-electron chi connectivity index (χ1n) is 5.38. The zero-order valence-corrected chi connectivity index (χ0v) is 13.7. The molecule has 6 heteroatoms. The Labute approximate surface area is 115 Å². The molecule has 0 saturated heterocycles. The van der Waals surface area contributed by atoms with Crippen LogP contribution in [0, 0.1) is 5.92 Å². The molecule has 102 valence electrons. The predicted molar refractivity (Wildman–Crippen MR) is 56.7 cm³/mol. The maximum atomic E-state index is 12.6. The van der Waals surface area contributed by atoms with Crippen LogP contribution < -0.4 is 0 Å². The fourth-order valence-corrected chi connectivity index (χ4v) is 1.69. The molecule has 0 aliphatic carbocycles. The normalized spacial score (nSPS) is 11.4. The van der Waals surface area contributed by atoms with E-state index in [1.54, 1.807) is 27.7 Å². The molecule has 0 aromatic carbocycles. The number of amides is 1. The van der Waals surface area contributed by atoms with Gasteiger partial charge in [0.2, 0.25) is 0 Å². The van der Waals surface area contributed by atoms with Crippen LogP contribution >= 0.6 is 0 Å². The van der Waals surface area contributed by atoms with Crippen LogP contribution in [-0.2, 0) is 25.9 Å². The van der Waals surface area contributed by atoms with Crippen LogP contribution in [0.15, 0.2) is 0 Å². The van der Waals surface area contributed by atoms with E-state index in [0.29, 0.717) is 0 Å². The zero-order valence-electron chi connectivity index (χ0n) is 10.8. The number of hydrogen-bond acceptors (Lipinski definition) is 1. The van der Waals surface area contributed by atoms with Crippen molar-refractivity contribution in [2.45, 2.75) is 59.3 Å². The number of halogens is 3. The quantitative estimate of drug-likeness (QED) is 0.638. The van der Waals surface area contributed by atoms with Crippen molar-refractivity contribution in [1.82, 2.24) is 4.90 Å². The first-order valence-corrected chi connectivity index (χ1v) is 5.38. The average molecular weight is 422 g/mol. The molecular weight excluding hydrogens is 403 g/mol. The molecule has 2 nitrogen and oxygen atoms in total. The smallest absolute Gasteiger partial charge is 0.293 e. The van der Waals surface area contributed by atoms with Crippen LogP contribution in [0.4, 0.5) is 13.2 Å². The number of hydrogen-bond donors (Lipinski definition) is 0. The van der Waals surface area contributed by atoms with Gasteiger partial charge in [-0.3, -0.25) is 0 Å². The van der Waals surface area contributed by atoms with E-state index in [1.807, 2.05) is 0 Å². The second kappa shape index (κ2) is 7.30. The van der Waals surface area contributed by atoms with Crippen molar-refractivity contribution in [2.75, 3.05) is 0 Å². The molecule has 0 fully saturated rings. The second-order valence-corrected chi connectivity index (χ2v) is 4.23. The van der Waals surface area contributed by atoms with Crippen LogP contribution in [0.25, 0.3) is 0 Å². The number of rotatable bonds is 4. The van der Waals surface area contributed by atoms with Gasteiger partial charge in [0.05, 0.1) is 5.91 Å². The maximum Gasteiger partial charge on any atom is 0.293 e. The first kappa shape index (κ1) is 19.2. The van der Waals surface area contributed by atoms with E-state index >= 15 is 0 Å². The Hall–Kier alpha value is -0.182. The summed E-state index contributed by atoms with van der Waals surface area (Å²) in [6.07, 6.45) is -4.83. The van der Waals surface area contributed by atoms with Crippen molar-refractivity contribution in [3.05, 3.63) is 5.92 Å². The van der Waals surface area contributed by atoms with Crippen LogP contribution in [0.2, 0.25) is 0 Å². The molecule has 0 N–H and O–H groups in total. The molecule has 0 aromatic rings. The molecule has 0 aliphatic rings. The van der Waals surface area contributed by atoms with Crippen molar-refractivity contribution < 1.29 is 39.0 Å². The molecule has 0 aliphatic heterocycles. The number of nitrogens with zero attached hydrogens (tertiary/aromatic N) is 1. The van der Waals surface area contributed by atoms with E-state index in [0.717, 1.165) is 0 Å². The largest absolute Gasteiger partial charge is 0.362 e. The number of alkyl halides is 3. The van der Waals surface area contributed by atoms with Gasteiger partial charge in [-0.15, -0.1) is 0 Å². The van der Waals surface area contributed by atoms with E-state index in [4.69, 9.17) is 0 Å². The molecule has 0 radical (unpaired) electrons. The van der Waals surface area contributed by atoms with Crippen molar-refractivity contribution in [3.8, 4) is 0 Å². The van der Waals surface area contributed by atoms with Crippen molar-refractivity contribution in [3.63, 3.8) is 0 Å². The zero-order chi connectivity index (χ0) is 13.1. The molecule has 0 heterocycles. The Morgan fingerprint density at radius 2 is 1.53 bits per heavy atom. The summed E-state index contributed by atoms with van der Waals surface area (Å²) in [6.45, 7) is 8.19. The summed E-state index contributed by atoms with van der Waals surface area (Å²) in [5, 5.41) is 0. The van der Waals surface area contributed by atoms with Gasteiger partial charge in [0, 0.05) is 33.1 Å². The van der Waals surface area contributed by atoms with E-state index in [2.05, 4.69) is 0 Å². The van der Waals surface area contributed by atoms with E-state index in [9.17, 15) is 18.0 Å². The summed E-state index contributed by atoms with van der Waals surface area (Å²) in [7, 11) is 0.